The van der Waals surface area contributed by atoms with E-state index in [0.29, 0.717) is 18.2 Å². The van der Waals surface area contributed by atoms with Crippen molar-refractivity contribution in [1.29, 1.82) is 0 Å². The molecule has 0 aliphatic carbocycles. The van der Waals surface area contributed by atoms with Gasteiger partial charge in [-0.3, -0.25) is 9.89 Å². The van der Waals surface area contributed by atoms with Gasteiger partial charge >= 0.3 is 0 Å². The number of hydrogen-bond acceptors (Lipinski definition) is 3. The third-order valence-electron chi connectivity index (χ3n) is 3.14. The van der Waals surface area contributed by atoms with Gasteiger partial charge in [-0.15, -0.1) is 12.4 Å². The molecule has 96 valence electrons. The first kappa shape index (κ1) is 14.0. The van der Waals surface area contributed by atoms with Crippen molar-refractivity contribution in [2.24, 2.45) is 0 Å². The second kappa shape index (κ2) is 6.02. The van der Waals surface area contributed by atoms with E-state index in [9.17, 15) is 4.79 Å². The maximum atomic E-state index is 11.8. The Morgan fingerprint density at radius 1 is 1.65 bits per heavy atom. The van der Waals surface area contributed by atoms with Crippen LogP contribution in [0.3, 0.4) is 0 Å². The normalized spacial score (nSPS) is 18.8. The summed E-state index contributed by atoms with van der Waals surface area (Å²) in [4.78, 5) is 13.5. The van der Waals surface area contributed by atoms with Crippen LogP contribution in [-0.4, -0.2) is 47.7 Å². The van der Waals surface area contributed by atoms with E-state index in [2.05, 4.69) is 15.5 Å². The minimum Gasteiger partial charge on any atom is -0.341 e. The molecule has 17 heavy (non-hydrogen) atoms. The van der Waals surface area contributed by atoms with Crippen molar-refractivity contribution >= 4 is 18.3 Å². The number of nitrogens with one attached hydrogen (secondary N) is 2. The van der Waals surface area contributed by atoms with Gasteiger partial charge < -0.3 is 10.2 Å². The fourth-order valence-electron chi connectivity index (χ4n) is 1.91. The predicted molar refractivity (Wildman–Crippen MR) is 68.7 cm³/mol. The van der Waals surface area contributed by atoms with E-state index in [0.717, 1.165) is 25.2 Å². The maximum Gasteiger partial charge on any atom is 0.274 e. The Bertz CT molecular complexity index is 373. The van der Waals surface area contributed by atoms with Crippen LogP contribution < -0.4 is 5.32 Å². The Balaban J connectivity index is 0.00000144. The molecule has 1 amide bonds. The zero-order valence-electron chi connectivity index (χ0n) is 10.2. The second-order valence-electron chi connectivity index (χ2n) is 4.22. The fourth-order valence-corrected chi connectivity index (χ4v) is 1.91. The lowest BCUT2D eigenvalue weighted by Gasteiger charge is -2.11. The van der Waals surface area contributed by atoms with Gasteiger partial charge in [0.05, 0.1) is 0 Å². The average Bonchev–Trinajstić information content (AvgIpc) is 2.96. The topological polar surface area (TPSA) is 61.0 Å². The van der Waals surface area contributed by atoms with Crippen LogP contribution in [-0.2, 0) is 0 Å². The Morgan fingerprint density at radius 3 is 3.00 bits per heavy atom. The van der Waals surface area contributed by atoms with Crippen LogP contribution in [0, 0.1) is 0 Å². The average molecular weight is 259 g/mol. The van der Waals surface area contributed by atoms with E-state index in [-0.39, 0.29) is 18.3 Å². The Hall–Kier alpha value is -1.07. The van der Waals surface area contributed by atoms with Crippen LogP contribution in [0.15, 0.2) is 6.07 Å². The molecule has 0 aromatic carbocycles. The van der Waals surface area contributed by atoms with Crippen LogP contribution in [0.25, 0.3) is 0 Å². The summed E-state index contributed by atoms with van der Waals surface area (Å²) in [5.41, 5.74) is 1.59. The van der Waals surface area contributed by atoms with Crippen molar-refractivity contribution < 1.29 is 4.79 Å². The monoisotopic (exact) mass is 258 g/mol. The van der Waals surface area contributed by atoms with Gasteiger partial charge in [0.15, 0.2) is 0 Å². The molecule has 1 saturated heterocycles. The Kier molecular flexibility index (Phi) is 4.96. The maximum absolute atomic E-state index is 11.8. The summed E-state index contributed by atoms with van der Waals surface area (Å²) in [5, 5.41) is 10.4. The number of rotatable bonds is 3. The number of H-pyrrole nitrogens is 1. The molecule has 0 saturated carbocycles. The number of halogens is 1. The van der Waals surface area contributed by atoms with Crippen LogP contribution in [0.1, 0.15) is 35.4 Å². The molecule has 2 N–H and O–H groups in total. The summed E-state index contributed by atoms with van der Waals surface area (Å²) in [6.07, 6.45) is 1.11. The summed E-state index contributed by atoms with van der Waals surface area (Å²) >= 11 is 0. The van der Waals surface area contributed by atoms with Crippen LogP contribution in [0.4, 0.5) is 0 Å². The summed E-state index contributed by atoms with van der Waals surface area (Å²) < 4.78 is 0. The van der Waals surface area contributed by atoms with Gasteiger partial charge in [-0.25, -0.2) is 0 Å². The number of hydrogen-bond donors (Lipinski definition) is 2. The van der Waals surface area contributed by atoms with Gasteiger partial charge in [-0.2, -0.15) is 5.10 Å². The van der Waals surface area contributed by atoms with Crippen molar-refractivity contribution in [1.82, 2.24) is 20.4 Å². The van der Waals surface area contributed by atoms with Crippen molar-refractivity contribution in [3.63, 3.8) is 0 Å². The van der Waals surface area contributed by atoms with E-state index in [1.165, 1.54) is 0 Å². The minimum atomic E-state index is -0.0176. The number of amides is 1. The largest absolute Gasteiger partial charge is 0.341 e. The zero-order chi connectivity index (χ0) is 11.5. The highest BCUT2D eigenvalue weighted by Gasteiger charge is 2.21. The predicted octanol–water partition coefficient (Wildman–Crippen LogP) is 1.00. The molecule has 0 bridgehead atoms. The van der Waals surface area contributed by atoms with Gasteiger partial charge in [-0.05, 0) is 26.0 Å². The van der Waals surface area contributed by atoms with Crippen molar-refractivity contribution in [3.05, 3.63) is 17.5 Å². The molecular formula is C11H19ClN4O. The van der Waals surface area contributed by atoms with E-state index < -0.39 is 0 Å². The highest BCUT2D eigenvalue weighted by Crippen LogP contribution is 2.20. The molecule has 1 aliphatic heterocycles. The molecule has 5 nitrogen and oxygen atoms in total. The van der Waals surface area contributed by atoms with Crippen molar-refractivity contribution in [3.8, 4) is 0 Å². The molecule has 1 aromatic heterocycles. The summed E-state index contributed by atoms with van der Waals surface area (Å²) in [6, 6.07) is 1.88. The molecule has 2 rings (SSSR count). The molecule has 0 spiro atoms. The highest BCUT2D eigenvalue weighted by atomic mass is 35.5. The van der Waals surface area contributed by atoms with Crippen LogP contribution in [0.5, 0.6) is 0 Å². The second-order valence-corrected chi connectivity index (χ2v) is 4.22. The van der Waals surface area contributed by atoms with Crippen molar-refractivity contribution in [2.45, 2.75) is 19.3 Å². The summed E-state index contributed by atoms with van der Waals surface area (Å²) in [6.45, 7) is 4.67. The molecule has 1 unspecified atom stereocenters. The standard InChI is InChI=1S/C11H18N4O.ClH/c1-3-15(2)11(16)10-6-9(13-14-10)8-4-5-12-7-8;/h6,8,12H,3-5,7H2,1-2H3,(H,13,14);1H. The summed E-state index contributed by atoms with van der Waals surface area (Å²) in [5.74, 6) is 0.455. The highest BCUT2D eigenvalue weighted by molar-refractivity contribution is 5.92. The van der Waals surface area contributed by atoms with Crippen LogP contribution in [0.2, 0.25) is 0 Å². The van der Waals surface area contributed by atoms with E-state index in [4.69, 9.17) is 0 Å². The summed E-state index contributed by atoms with van der Waals surface area (Å²) in [7, 11) is 1.79. The third kappa shape index (κ3) is 2.98. The molecular weight excluding hydrogens is 240 g/mol. The Morgan fingerprint density at radius 2 is 2.41 bits per heavy atom. The fraction of sp³-hybridized carbons (Fsp3) is 0.636. The first-order valence-electron chi connectivity index (χ1n) is 5.74. The SMILES string of the molecule is CCN(C)C(=O)c1cc(C2CCNC2)[nH]n1.Cl. The molecule has 1 fully saturated rings. The number of aromatic amines is 1. The number of nitrogens with zero attached hydrogens (tertiary/aromatic N) is 2. The number of carbonyl (C=O) groups excluding carboxylic acids is 1. The number of carbonyl (C=O) groups is 1. The quantitative estimate of drug-likeness (QED) is 0.850. The smallest absolute Gasteiger partial charge is 0.274 e. The van der Waals surface area contributed by atoms with Gasteiger partial charge in [0.1, 0.15) is 5.69 Å². The molecule has 1 atom stereocenters. The zero-order valence-corrected chi connectivity index (χ0v) is 11.0. The van der Waals surface area contributed by atoms with Gasteiger partial charge in [0, 0.05) is 31.7 Å². The van der Waals surface area contributed by atoms with E-state index in [1.807, 2.05) is 13.0 Å². The van der Waals surface area contributed by atoms with Gasteiger partial charge in [0.2, 0.25) is 0 Å². The van der Waals surface area contributed by atoms with E-state index >= 15 is 0 Å². The third-order valence-corrected chi connectivity index (χ3v) is 3.14. The van der Waals surface area contributed by atoms with E-state index in [1.54, 1.807) is 11.9 Å². The molecule has 2 heterocycles. The first-order valence-corrected chi connectivity index (χ1v) is 5.74. The Labute approximate surface area is 107 Å². The lowest BCUT2D eigenvalue weighted by Crippen LogP contribution is -2.26. The lowest BCUT2D eigenvalue weighted by atomic mass is 10.1. The first-order chi connectivity index (χ1) is 7.72. The van der Waals surface area contributed by atoms with Crippen LogP contribution >= 0.6 is 12.4 Å². The molecule has 1 aliphatic rings. The lowest BCUT2D eigenvalue weighted by molar-refractivity contribution is 0.0796. The minimum absolute atomic E-state index is 0. The van der Waals surface area contributed by atoms with Gasteiger partial charge in [-0.1, -0.05) is 0 Å². The van der Waals surface area contributed by atoms with Gasteiger partial charge in [0.25, 0.3) is 5.91 Å². The molecule has 0 radical (unpaired) electrons. The number of aromatic nitrogens is 2. The van der Waals surface area contributed by atoms with Crippen molar-refractivity contribution in [2.75, 3.05) is 26.7 Å². The molecule has 6 heteroatoms. The molecule has 1 aromatic rings.